The van der Waals surface area contributed by atoms with E-state index >= 15 is 0 Å². The van der Waals surface area contributed by atoms with Crippen LogP contribution in [0.4, 0.5) is 0 Å². The van der Waals surface area contributed by atoms with Crippen LogP contribution in [0.5, 0.6) is 0 Å². The summed E-state index contributed by atoms with van der Waals surface area (Å²) >= 11 is 5.81. The average Bonchev–Trinajstić information content (AvgIpc) is 3.12. The van der Waals surface area contributed by atoms with Crippen molar-refractivity contribution in [2.75, 3.05) is 11.5 Å². The first-order valence-corrected chi connectivity index (χ1v) is 9.55. The van der Waals surface area contributed by atoms with Crippen molar-refractivity contribution >= 4 is 27.4 Å². The van der Waals surface area contributed by atoms with Crippen molar-refractivity contribution in [1.29, 1.82) is 0 Å². The van der Waals surface area contributed by atoms with E-state index in [0.717, 1.165) is 0 Å². The number of rotatable bonds is 5. The molecule has 1 fully saturated rings. The molecule has 9 heteroatoms. The van der Waals surface area contributed by atoms with Crippen LogP contribution in [0.1, 0.15) is 18.7 Å². The zero-order valence-electron chi connectivity index (χ0n) is 12.6. The number of halogens is 1. The van der Waals surface area contributed by atoms with Gasteiger partial charge in [0.2, 0.25) is 5.89 Å². The fraction of sp³-hybridized carbons (Fsp3) is 0.400. The molecule has 3 rings (SSSR count). The molecule has 1 aromatic carbocycles. The fourth-order valence-electron chi connectivity index (χ4n) is 2.49. The van der Waals surface area contributed by atoms with Crippen LogP contribution in [0.3, 0.4) is 0 Å². The van der Waals surface area contributed by atoms with Gasteiger partial charge in [-0.15, -0.1) is 10.2 Å². The quantitative estimate of drug-likeness (QED) is 0.744. The minimum atomic E-state index is -3.00. The second-order valence-corrected chi connectivity index (χ2v) is 8.31. The molecule has 7 nitrogen and oxygen atoms in total. The second kappa shape index (κ2) is 6.90. The Labute approximate surface area is 143 Å². The van der Waals surface area contributed by atoms with Crippen molar-refractivity contribution in [2.24, 2.45) is 5.92 Å². The lowest BCUT2D eigenvalue weighted by Crippen LogP contribution is -2.13. The maximum atomic E-state index is 11.8. The summed E-state index contributed by atoms with van der Waals surface area (Å²) < 4.78 is 33.2. The molecule has 1 aliphatic rings. The molecular weight excluding hydrogens is 356 g/mol. The van der Waals surface area contributed by atoms with Crippen molar-refractivity contribution in [3.05, 3.63) is 35.2 Å². The summed E-state index contributed by atoms with van der Waals surface area (Å²) in [5.74, 6) is 0.0210. The van der Waals surface area contributed by atoms with Gasteiger partial charge in [0.15, 0.2) is 16.4 Å². The van der Waals surface area contributed by atoms with Crippen LogP contribution < -0.4 is 0 Å². The van der Waals surface area contributed by atoms with Gasteiger partial charge in [-0.1, -0.05) is 11.6 Å². The van der Waals surface area contributed by atoms with Gasteiger partial charge in [-0.05, 0) is 36.6 Å². The molecule has 1 aliphatic heterocycles. The smallest absolute Gasteiger partial charge is 0.306 e. The summed E-state index contributed by atoms with van der Waals surface area (Å²) in [6.45, 7) is -0.140. The Kier molecular flexibility index (Phi) is 4.86. The summed E-state index contributed by atoms with van der Waals surface area (Å²) in [4.78, 5) is 11.8. The van der Waals surface area contributed by atoms with Crippen LogP contribution in [0.25, 0.3) is 11.5 Å². The summed E-state index contributed by atoms with van der Waals surface area (Å²) in [6.07, 6.45) is 0.579. The van der Waals surface area contributed by atoms with Gasteiger partial charge in [0.25, 0.3) is 5.89 Å². The minimum absolute atomic E-state index is 0.0450. The molecule has 0 amide bonds. The van der Waals surface area contributed by atoms with Gasteiger partial charge in [-0.2, -0.15) is 0 Å². The zero-order chi connectivity index (χ0) is 17.2. The van der Waals surface area contributed by atoms with Crippen molar-refractivity contribution in [3.8, 4) is 11.5 Å². The highest BCUT2D eigenvalue weighted by Crippen LogP contribution is 2.23. The van der Waals surface area contributed by atoms with E-state index in [9.17, 15) is 13.2 Å². The van der Waals surface area contributed by atoms with E-state index in [0.29, 0.717) is 22.9 Å². The van der Waals surface area contributed by atoms with Gasteiger partial charge in [-0.3, -0.25) is 4.79 Å². The van der Waals surface area contributed by atoms with E-state index in [2.05, 4.69) is 10.2 Å². The fourth-order valence-corrected chi connectivity index (χ4v) is 4.48. The molecule has 0 saturated carbocycles. The molecule has 1 atom stereocenters. The number of carbonyl (C=O) groups excluding carboxylic acids is 1. The minimum Gasteiger partial charge on any atom is -0.456 e. The van der Waals surface area contributed by atoms with Crippen LogP contribution in [-0.4, -0.2) is 36.1 Å². The van der Waals surface area contributed by atoms with E-state index in [1.165, 1.54) is 0 Å². The first-order valence-electron chi connectivity index (χ1n) is 7.36. The Morgan fingerprint density at radius 1 is 1.29 bits per heavy atom. The molecule has 0 radical (unpaired) electrons. The van der Waals surface area contributed by atoms with E-state index < -0.39 is 15.8 Å². The number of nitrogens with zero attached hydrogens (tertiary/aromatic N) is 2. The van der Waals surface area contributed by atoms with Gasteiger partial charge < -0.3 is 9.15 Å². The van der Waals surface area contributed by atoms with Gasteiger partial charge >= 0.3 is 5.97 Å². The molecule has 1 aromatic heterocycles. The molecular formula is C15H15ClN2O5S. The van der Waals surface area contributed by atoms with Crippen LogP contribution in [-0.2, 0) is 26.0 Å². The van der Waals surface area contributed by atoms with Crippen molar-refractivity contribution in [2.45, 2.75) is 19.4 Å². The molecule has 24 heavy (non-hydrogen) atoms. The third-order valence-corrected chi connectivity index (χ3v) is 5.79. The predicted molar refractivity (Wildman–Crippen MR) is 85.9 cm³/mol. The van der Waals surface area contributed by atoms with Crippen LogP contribution >= 0.6 is 11.6 Å². The summed E-state index contributed by atoms with van der Waals surface area (Å²) in [5.41, 5.74) is 0.709. The highest BCUT2D eigenvalue weighted by Gasteiger charge is 2.30. The Balaban J connectivity index is 1.52. The maximum absolute atomic E-state index is 11.8. The largest absolute Gasteiger partial charge is 0.456 e. The number of esters is 1. The summed E-state index contributed by atoms with van der Waals surface area (Å²) in [7, 11) is -3.00. The Morgan fingerprint density at radius 3 is 2.71 bits per heavy atom. The monoisotopic (exact) mass is 370 g/mol. The standard InChI is InChI=1S/C15H15ClN2O5S/c16-12-3-1-11(2-4-12)15-18-17-13(23-15)8-22-14(19)7-10-5-6-24(20,21)9-10/h1-4,10H,5-9H2. The Bertz CT molecular complexity index is 832. The number of benzene rings is 1. The Morgan fingerprint density at radius 2 is 2.04 bits per heavy atom. The third-order valence-electron chi connectivity index (χ3n) is 3.70. The lowest BCUT2D eigenvalue weighted by atomic mass is 10.1. The first kappa shape index (κ1) is 16.9. The van der Waals surface area contributed by atoms with Crippen molar-refractivity contribution < 1.29 is 22.4 Å². The second-order valence-electron chi connectivity index (χ2n) is 5.64. The first-order chi connectivity index (χ1) is 11.4. The number of sulfone groups is 1. The van der Waals surface area contributed by atoms with Gasteiger partial charge in [0.05, 0.1) is 11.5 Å². The molecule has 2 aromatic rings. The molecule has 1 unspecified atom stereocenters. The van der Waals surface area contributed by atoms with Gasteiger partial charge in [-0.25, -0.2) is 8.42 Å². The zero-order valence-corrected chi connectivity index (χ0v) is 14.2. The van der Waals surface area contributed by atoms with E-state index in [1.54, 1.807) is 24.3 Å². The number of aromatic nitrogens is 2. The lowest BCUT2D eigenvalue weighted by Gasteiger charge is -2.06. The molecule has 0 bridgehead atoms. The van der Waals surface area contributed by atoms with Gasteiger partial charge in [0, 0.05) is 17.0 Å². The van der Waals surface area contributed by atoms with Crippen molar-refractivity contribution in [3.63, 3.8) is 0 Å². The highest BCUT2D eigenvalue weighted by atomic mass is 35.5. The predicted octanol–water partition coefficient (Wildman–Crippen LogP) is 2.26. The summed E-state index contributed by atoms with van der Waals surface area (Å²) in [6, 6.07) is 6.89. The average molecular weight is 371 g/mol. The van der Waals surface area contributed by atoms with Crippen LogP contribution in [0.2, 0.25) is 5.02 Å². The van der Waals surface area contributed by atoms with Crippen LogP contribution in [0, 0.1) is 5.92 Å². The Hall–Kier alpha value is -1.93. The maximum Gasteiger partial charge on any atom is 0.306 e. The molecule has 0 aliphatic carbocycles. The van der Waals surface area contributed by atoms with E-state index in [1.807, 2.05) is 0 Å². The number of carbonyl (C=O) groups is 1. The molecule has 0 spiro atoms. The lowest BCUT2D eigenvalue weighted by molar-refractivity contribution is -0.146. The number of ether oxygens (including phenoxy) is 1. The third kappa shape index (κ3) is 4.33. The SMILES string of the molecule is O=C(CC1CCS(=O)(=O)C1)OCc1nnc(-c2ccc(Cl)cc2)o1. The van der Waals surface area contributed by atoms with Crippen molar-refractivity contribution in [1.82, 2.24) is 10.2 Å². The van der Waals surface area contributed by atoms with E-state index in [4.69, 9.17) is 20.8 Å². The van der Waals surface area contributed by atoms with Gasteiger partial charge in [0.1, 0.15) is 0 Å². The highest BCUT2D eigenvalue weighted by molar-refractivity contribution is 7.91. The van der Waals surface area contributed by atoms with E-state index in [-0.39, 0.29) is 36.3 Å². The number of hydrogen-bond acceptors (Lipinski definition) is 7. The molecule has 1 saturated heterocycles. The molecule has 0 N–H and O–H groups in total. The molecule has 2 heterocycles. The topological polar surface area (TPSA) is 99.4 Å². The number of hydrogen-bond donors (Lipinski definition) is 0. The normalized spacial score (nSPS) is 19.3. The molecule has 128 valence electrons. The van der Waals surface area contributed by atoms with Crippen LogP contribution in [0.15, 0.2) is 28.7 Å². The summed E-state index contributed by atoms with van der Waals surface area (Å²) in [5, 5.41) is 8.30.